The molecule has 18 rings (SSSR count). The van der Waals surface area contributed by atoms with Crippen molar-refractivity contribution in [1.29, 1.82) is 0 Å². The Morgan fingerprint density at radius 2 is 0.778 bits per heavy atom. The predicted molar refractivity (Wildman–Crippen MR) is 480 cm³/mol. The van der Waals surface area contributed by atoms with E-state index in [9.17, 15) is 1.37 Å². The maximum atomic E-state index is 9.25. The number of furan rings is 4. The van der Waals surface area contributed by atoms with E-state index in [-0.39, 0.29) is 0 Å². The molecule has 3 unspecified atom stereocenters. The second-order valence-corrected chi connectivity index (χ2v) is 37.1. The van der Waals surface area contributed by atoms with E-state index in [1.54, 1.807) is 0 Å². The van der Waals surface area contributed by atoms with Gasteiger partial charge in [0.15, 0.2) is 47.1 Å². The lowest BCUT2D eigenvalue weighted by Crippen LogP contribution is -2.32. The molecule has 2 aliphatic carbocycles. The molecule has 117 heavy (non-hydrogen) atoms. The molecule has 2 aliphatic rings. The van der Waals surface area contributed by atoms with Crippen LogP contribution in [0.4, 0.5) is 0 Å². The molecule has 12 aromatic heterocycles. The standard InChI is InChI=1S/C30H35N2O.C26H31N2O.C25H29N2O.C24H27N2O/c1-18-6-9-22-23-10-11-25(24-15-19-7-8-21(24)14-19)31-29(23)33-28(22)27(18)26-16-20(12-13-32(26)5)17-30(2,3)4;1-16(2)21-12-11-20-19-10-8-17(3)23(24(19)29-25(20)27-21)22-13-9-18(15-28(22)7)14-26(4,5)6;1-7-18-10-12-20-19-11-8-16(2)22(23(19)28-24(20)26-18)21-13-9-17(15-27(21)6)14-25(3,4)5;1-15-7-10-18-19-11-8-16(2)25-23(19)27-22(18)21(15)20-12-9-17(14-26(20)6)13-24(3,4)5/h6,9-13,16,19,21,24H,7-8,14-15,17H2,1-5H3;8-13,15-16H,14H2,1-7H3;8-13,15H,7,14H2,1-6H3;7-12,14H,13H2,1-6H3/q4*+1/i17D2,24D;14D2,16D;14D2;13D2. The molecule has 4 aromatic carbocycles. The van der Waals surface area contributed by atoms with E-state index < -0.39 is 58.9 Å². The molecule has 2 bridgehead atoms. The molecule has 0 N–H and O–H groups in total. The molecule has 2 saturated carbocycles. The van der Waals surface area contributed by atoms with Gasteiger partial charge in [-0.1, -0.05) is 159 Å². The maximum Gasteiger partial charge on any atom is 0.227 e. The highest BCUT2D eigenvalue weighted by Gasteiger charge is 2.41. The van der Waals surface area contributed by atoms with Crippen molar-refractivity contribution < 1.29 is 49.6 Å². The zero-order chi connectivity index (χ0) is 92.2. The van der Waals surface area contributed by atoms with E-state index in [0.717, 1.165) is 175 Å². The Kier molecular flexibility index (Phi) is 18.8. The molecular formula is C105H122N8O4+4. The van der Waals surface area contributed by atoms with Gasteiger partial charge in [0.1, 0.15) is 28.2 Å². The summed E-state index contributed by atoms with van der Waals surface area (Å²) < 4.78 is 120. The summed E-state index contributed by atoms with van der Waals surface area (Å²) in [6.07, 6.45) is 7.07. The van der Waals surface area contributed by atoms with Crippen LogP contribution in [0.5, 0.6) is 0 Å². The summed E-state index contributed by atoms with van der Waals surface area (Å²) in [7, 11) is 7.85. The fraction of sp³-hybridized carbons (Fsp3) is 0.390. The molecular weight excluding hydrogens is 1440 g/mol. The predicted octanol–water partition coefficient (Wildman–Crippen LogP) is 25.4. The molecule has 0 amide bonds. The van der Waals surface area contributed by atoms with Crippen molar-refractivity contribution in [3.05, 3.63) is 238 Å². The van der Waals surface area contributed by atoms with Gasteiger partial charge in [-0.2, -0.15) is 0 Å². The average molecular weight is 1570 g/mol. The van der Waals surface area contributed by atoms with Crippen molar-refractivity contribution >= 4 is 88.3 Å². The monoisotopic (exact) mass is 1570 g/mol. The number of pyridine rings is 8. The first-order valence-electron chi connectivity index (χ1n) is 46.5. The number of aromatic nitrogens is 8. The van der Waals surface area contributed by atoms with Crippen LogP contribution in [-0.2, 0) is 60.1 Å². The molecule has 602 valence electrons. The average Bonchev–Trinajstić information content (AvgIpc) is 1.59. The van der Waals surface area contributed by atoms with Crippen molar-refractivity contribution in [2.24, 2.45) is 61.7 Å². The van der Waals surface area contributed by atoms with Crippen molar-refractivity contribution in [2.45, 2.75) is 208 Å². The highest BCUT2D eigenvalue weighted by molar-refractivity contribution is 6.12. The number of fused-ring (bicyclic) bond motifs is 14. The lowest BCUT2D eigenvalue weighted by Gasteiger charge is -2.20. The van der Waals surface area contributed by atoms with Crippen LogP contribution >= 0.6 is 0 Å². The van der Waals surface area contributed by atoms with Gasteiger partial charge in [-0.05, 0) is 220 Å². The number of rotatable bonds is 11. The largest absolute Gasteiger partial charge is 0.437 e. The van der Waals surface area contributed by atoms with E-state index in [1.165, 1.54) is 6.42 Å². The fourth-order valence-electron chi connectivity index (χ4n) is 17.2. The van der Waals surface area contributed by atoms with Crippen molar-refractivity contribution in [2.75, 3.05) is 0 Å². The van der Waals surface area contributed by atoms with Gasteiger partial charge in [-0.25, -0.2) is 38.2 Å². The molecule has 12 nitrogen and oxygen atoms in total. The van der Waals surface area contributed by atoms with Crippen molar-refractivity contribution in [3.8, 4) is 45.0 Å². The molecule has 0 radical (unpaired) electrons. The van der Waals surface area contributed by atoms with E-state index in [2.05, 4.69) is 122 Å². The quantitative estimate of drug-likeness (QED) is 0.117. The number of aryl methyl sites for hydroxylation is 10. The van der Waals surface area contributed by atoms with Crippen LogP contribution in [0.3, 0.4) is 0 Å². The fourth-order valence-corrected chi connectivity index (χ4v) is 17.2. The molecule has 16 aromatic rings. The Balaban J connectivity index is 0.000000131. The topological polar surface area (TPSA) is 120 Å². The van der Waals surface area contributed by atoms with Gasteiger partial charge in [0.2, 0.25) is 45.6 Å². The summed E-state index contributed by atoms with van der Waals surface area (Å²) in [5.41, 5.74) is 21.8. The lowest BCUT2D eigenvalue weighted by molar-refractivity contribution is -0.660. The van der Waals surface area contributed by atoms with Crippen LogP contribution in [0.2, 0.25) is 0 Å². The summed E-state index contributed by atoms with van der Waals surface area (Å²) in [5.74, 6) is -0.347. The first-order chi connectivity index (χ1) is 59.2. The van der Waals surface area contributed by atoms with Gasteiger partial charge < -0.3 is 17.7 Å². The highest BCUT2D eigenvalue weighted by Crippen LogP contribution is 2.53. The smallest absolute Gasteiger partial charge is 0.227 e. The van der Waals surface area contributed by atoms with Gasteiger partial charge in [0, 0.05) is 132 Å². The van der Waals surface area contributed by atoms with Crippen molar-refractivity contribution in [1.82, 2.24) is 19.9 Å². The van der Waals surface area contributed by atoms with E-state index in [0.29, 0.717) is 62.6 Å². The third kappa shape index (κ3) is 17.1. The van der Waals surface area contributed by atoms with Gasteiger partial charge in [-0.15, -0.1) is 0 Å². The van der Waals surface area contributed by atoms with E-state index >= 15 is 0 Å². The van der Waals surface area contributed by atoms with Gasteiger partial charge in [-0.3, -0.25) is 0 Å². The molecule has 0 aliphatic heterocycles. The second-order valence-electron chi connectivity index (χ2n) is 37.1. The molecule has 12 heterocycles. The SMILES string of the molecule is [2H]C(C)(C)c1ccc2c(n1)oc1c(-c3ccc(C([2H])([2H])C(C)(C)C)c[n+]3C)c(C)ccc12.[2H]C([2H])(c1ccc(-c2c(C)ccc3c2oc2nc(C)ccc23)[n+](C)c1)C(C)(C)C.[2H]C([2H])(c1ccc(-c2c(C)ccc3c2oc2nc(CC)ccc23)[n+](C)c1)C(C)(C)C.[2H]C1(c2ccc3c(n2)oc2c(-c4cc(C([2H])([2H])C(C)(C)C)cc[n+]4C)c(C)ccc23)CC2CCC1C2. The van der Waals surface area contributed by atoms with Crippen LogP contribution in [0.1, 0.15) is 222 Å². The number of hydrogen-bond donors (Lipinski definition) is 0. The summed E-state index contributed by atoms with van der Waals surface area (Å²) in [6, 6.07) is 48.4. The Bertz CT molecular complexity index is 7040. The van der Waals surface area contributed by atoms with Crippen LogP contribution in [0.15, 0.2) is 188 Å². The molecule has 0 spiro atoms. The van der Waals surface area contributed by atoms with Gasteiger partial charge in [0.05, 0.1) is 22.3 Å². The van der Waals surface area contributed by atoms with Crippen LogP contribution in [-0.4, -0.2) is 19.9 Å². The van der Waals surface area contributed by atoms with Crippen LogP contribution in [0.25, 0.3) is 133 Å². The summed E-state index contributed by atoms with van der Waals surface area (Å²) in [6.45, 7) is 39.1. The third-order valence-corrected chi connectivity index (χ3v) is 22.5. The van der Waals surface area contributed by atoms with Gasteiger partial charge in [0.25, 0.3) is 0 Å². The Labute approximate surface area is 706 Å². The van der Waals surface area contributed by atoms with Crippen LogP contribution in [0, 0.1) is 68.1 Å². The van der Waals surface area contributed by atoms with E-state index in [4.69, 9.17) is 35.0 Å². The summed E-state index contributed by atoms with van der Waals surface area (Å²) >= 11 is 0. The second kappa shape index (κ2) is 31.6. The molecule has 3 atom stereocenters. The molecule has 12 heteroatoms. The molecule has 2 fully saturated rings. The minimum Gasteiger partial charge on any atom is -0.437 e. The van der Waals surface area contributed by atoms with Crippen molar-refractivity contribution in [3.63, 3.8) is 0 Å². The number of nitrogens with zero attached hydrogens (tertiary/aromatic N) is 8. The number of benzene rings is 4. The zero-order valence-electron chi connectivity index (χ0n) is 83.1. The normalized spacial score (nSPS) is 17.7. The van der Waals surface area contributed by atoms with Gasteiger partial charge >= 0.3 is 0 Å². The lowest BCUT2D eigenvalue weighted by atomic mass is 9.86. The Morgan fingerprint density at radius 3 is 1.17 bits per heavy atom. The van der Waals surface area contributed by atoms with Crippen LogP contribution < -0.4 is 18.3 Å². The first kappa shape index (κ1) is 69.4. The summed E-state index contributed by atoms with van der Waals surface area (Å²) in [5, 5.41) is 8.00. The maximum absolute atomic E-state index is 9.25. The third-order valence-electron chi connectivity index (χ3n) is 22.5. The first-order valence-corrected chi connectivity index (χ1v) is 41.5. The summed E-state index contributed by atoms with van der Waals surface area (Å²) in [4.78, 5) is 18.8. The zero-order valence-corrected chi connectivity index (χ0v) is 73.1. The number of hydrogen-bond acceptors (Lipinski definition) is 8. The minimum absolute atomic E-state index is 0.397. The minimum atomic E-state index is -1.49. The Morgan fingerprint density at radius 1 is 0.402 bits per heavy atom. The molecule has 0 saturated heterocycles. The highest BCUT2D eigenvalue weighted by atomic mass is 16.4. The van der Waals surface area contributed by atoms with E-state index in [1.807, 2.05) is 248 Å². The Hall–Kier alpha value is -10.7.